The third-order valence-electron chi connectivity index (χ3n) is 3.33. The molecule has 2 bridgehead atoms. The van der Waals surface area contributed by atoms with E-state index in [4.69, 9.17) is 4.74 Å². The summed E-state index contributed by atoms with van der Waals surface area (Å²) < 4.78 is 5.19. The predicted octanol–water partition coefficient (Wildman–Crippen LogP) is 2.79. The molecule has 0 spiro atoms. The van der Waals surface area contributed by atoms with E-state index >= 15 is 0 Å². The van der Waals surface area contributed by atoms with Crippen LogP contribution in [-0.2, 0) is 4.74 Å². The van der Waals surface area contributed by atoms with E-state index < -0.39 is 0 Å². The third-order valence-corrected chi connectivity index (χ3v) is 3.33. The SMILES string of the molecule is CO[C@@H](C)C=CC1CC2C=CC1C2. The first kappa shape index (κ1) is 9.01. The molecule has 0 heterocycles. The molecule has 72 valence electrons. The van der Waals surface area contributed by atoms with Gasteiger partial charge in [-0.25, -0.2) is 0 Å². The van der Waals surface area contributed by atoms with E-state index in [1.165, 1.54) is 12.8 Å². The maximum Gasteiger partial charge on any atom is 0.0723 e. The smallest absolute Gasteiger partial charge is 0.0723 e. The Hall–Kier alpha value is -0.560. The van der Waals surface area contributed by atoms with Crippen LogP contribution in [0, 0.1) is 17.8 Å². The fourth-order valence-electron chi connectivity index (χ4n) is 2.42. The zero-order valence-corrected chi connectivity index (χ0v) is 8.44. The van der Waals surface area contributed by atoms with Crippen molar-refractivity contribution in [3.63, 3.8) is 0 Å². The van der Waals surface area contributed by atoms with E-state index in [0.717, 1.165) is 17.8 Å². The molecule has 0 aromatic heterocycles. The zero-order chi connectivity index (χ0) is 9.26. The zero-order valence-electron chi connectivity index (χ0n) is 8.44. The van der Waals surface area contributed by atoms with E-state index in [1.807, 2.05) is 0 Å². The summed E-state index contributed by atoms with van der Waals surface area (Å²) in [4.78, 5) is 0. The molecular weight excluding hydrogens is 160 g/mol. The van der Waals surface area contributed by atoms with Gasteiger partial charge in [0.25, 0.3) is 0 Å². The molecule has 1 heteroatoms. The Morgan fingerprint density at radius 1 is 1.38 bits per heavy atom. The molecular formula is C12H18O. The van der Waals surface area contributed by atoms with Crippen LogP contribution in [0.15, 0.2) is 24.3 Å². The minimum Gasteiger partial charge on any atom is -0.378 e. The Bertz CT molecular complexity index is 229. The molecule has 2 aliphatic rings. The van der Waals surface area contributed by atoms with Gasteiger partial charge in [0.1, 0.15) is 0 Å². The second-order valence-electron chi connectivity index (χ2n) is 4.27. The van der Waals surface area contributed by atoms with Crippen LogP contribution >= 0.6 is 0 Å². The molecule has 0 radical (unpaired) electrons. The number of ether oxygens (including phenoxy) is 1. The molecule has 1 fully saturated rings. The lowest BCUT2D eigenvalue weighted by molar-refractivity contribution is 0.155. The Balaban J connectivity index is 1.90. The highest BCUT2D eigenvalue weighted by Gasteiger charge is 2.33. The van der Waals surface area contributed by atoms with Crippen LogP contribution in [0.2, 0.25) is 0 Å². The summed E-state index contributed by atoms with van der Waals surface area (Å²) in [7, 11) is 1.76. The van der Waals surface area contributed by atoms with Crippen LogP contribution in [0.25, 0.3) is 0 Å². The molecule has 1 saturated carbocycles. The third kappa shape index (κ3) is 1.86. The minimum absolute atomic E-state index is 0.267. The molecule has 0 N–H and O–H groups in total. The second kappa shape index (κ2) is 3.67. The highest BCUT2D eigenvalue weighted by molar-refractivity contribution is 5.14. The van der Waals surface area contributed by atoms with Gasteiger partial charge in [-0.15, -0.1) is 0 Å². The molecule has 0 saturated heterocycles. The van der Waals surface area contributed by atoms with E-state index in [0.29, 0.717) is 0 Å². The van der Waals surface area contributed by atoms with Crippen molar-refractivity contribution in [3.8, 4) is 0 Å². The first-order valence-electron chi connectivity index (χ1n) is 5.19. The normalized spacial score (nSPS) is 39.1. The van der Waals surface area contributed by atoms with Crippen LogP contribution in [0.4, 0.5) is 0 Å². The van der Waals surface area contributed by atoms with E-state index in [1.54, 1.807) is 7.11 Å². The van der Waals surface area contributed by atoms with Crippen LogP contribution in [0.3, 0.4) is 0 Å². The Labute approximate surface area is 80.5 Å². The molecule has 0 amide bonds. The van der Waals surface area contributed by atoms with E-state index in [2.05, 4.69) is 31.2 Å². The largest absolute Gasteiger partial charge is 0.378 e. The monoisotopic (exact) mass is 178 g/mol. The molecule has 4 atom stereocenters. The average molecular weight is 178 g/mol. The van der Waals surface area contributed by atoms with Crippen LogP contribution < -0.4 is 0 Å². The first-order valence-corrected chi connectivity index (χ1v) is 5.19. The Morgan fingerprint density at radius 3 is 2.77 bits per heavy atom. The Morgan fingerprint density at radius 2 is 2.23 bits per heavy atom. The van der Waals surface area contributed by atoms with Gasteiger partial charge in [-0.3, -0.25) is 0 Å². The van der Waals surface area contributed by atoms with E-state index in [-0.39, 0.29) is 6.10 Å². The van der Waals surface area contributed by atoms with Gasteiger partial charge in [-0.05, 0) is 37.5 Å². The summed E-state index contributed by atoms with van der Waals surface area (Å²) in [5.74, 6) is 2.48. The first-order chi connectivity index (χ1) is 6.29. The van der Waals surface area contributed by atoms with Gasteiger partial charge >= 0.3 is 0 Å². The number of hydrogen-bond donors (Lipinski definition) is 0. The predicted molar refractivity (Wildman–Crippen MR) is 54.5 cm³/mol. The topological polar surface area (TPSA) is 9.23 Å². The maximum absolute atomic E-state index is 5.19. The minimum atomic E-state index is 0.267. The van der Waals surface area contributed by atoms with Gasteiger partial charge in [0.05, 0.1) is 6.10 Å². The van der Waals surface area contributed by atoms with Gasteiger partial charge in [0.2, 0.25) is 0 Å². The fraction of sp³-hybridized carbons (Fsp3) is 0.667. The summed E-state index contributed by atoms with van der Waals surface area (Å²) in [6.45, 7) is 2.08. The van der Waals surface area contributed by atoms with Gasteiger partial charge in [0.15, 0.2) is 0 Å². The lowest BCUT2D eigenvalue weighted by atomic mass is 9.93. The number of allylic oxidation sites excluding steroid dienone is 3. The van der Waals surface area contributed by atoms with Crippen molar-refractivity contribution in [2.45, 2.75) is 25.9 Å². The molecule has 0 aliphatic heterocycles. The molecule has 13 heavy (non-hydrogen) atoms. The van der Waals surface area contributed by atoms with Crippen LogP contribution in [0.5, 0.6) is 0 Å². The van der Waals surface area contributed by atoms with Crippen molar-refractivity contribution in [1.82, 2.24) is 0 Å². The number of rotatable bonds is 3. The van der Waals surface area contributed by atoms with Crippen molar-refractivity contribution < 1.29 is 4.74 Å². The molecule has 3 unspecified atom stereocenters. The average Bonchev–Trinajstić information content (AvgIpc) is 2.74. The molecule has 2 aliphatic carbocycles. The Kier molecular flexibility index (Phi) is 2.54. The van der Waals surface area contributed by atoms with Gasteiger partial charge in [-0.2, -0.15) is 0 Å². The summed E-state index contributed by atoms with van der Waals surface area (Å²) >= 11 is 0. The summed E-state index contributed by atoms with van der Waals surface area (Å²) in [6.07, 6.45) is 12.3. The molecule has 1 nitrogen and oxygen atoms in total. The van der Waals surface area contributed by atoms with Crippen molar-refractivity contribution >= 4 is 0 Å². The quantitative estimate of drug-likeness (QED) is 0.604. The maximum atomic E-state index is 5.19. The molecule has 2 rings (SSSR count). The van der Waals surface area contributed by atoms with Gasteiger partial charge in [0, 0.05) is 7.11 Å². The highest BCUT2D eigenvalue weighted by atomic mass is 16.5. The number of methoxy groups -OCH3 is 1. The summed E-state index contributed by atoms with van der Waals surface area (Å²) in [6, 6.07) is 0. The number of hydrogen-bond acceptors (Lipinski definition) is 1. The summed E-state index contributed by atoms with van der Waals surface area (Å²) in [5.41, 5.74) is 0. The molecule has 0 aromatic carbocycles. The van der Waals surface area contributed by atoms with Crippen molar-refractivity contribution in [3.05, 3.63) is 24.3 Å². The fourth-order valence-corrected chi connectivity index (χ4v) is 2.42. The summed E-state index contributed by atoms with van der Waals surface area (Å²) in [5, 5.41) is 0. The molecule has 0 aromatic rings. The van der Waals surface area contributed by atoms with Gasteiger partial charge in [-0.1, -0.05) is 24.3 Å². The van der Waals surface area contributed by atoms with Crippen molar-refractivity contribution in [2.24, 2.45) is 17.8 Å². The lowest BCUT2D eigenvalue weighted by Gasteiger charge is -2.13. The number of fused-ring (bicyclic) bond motifs is 2. The van der Waals surface area contributed by atoms with E-state index in [9.17, 15) is 0 Å². The van der Waals surface area contributed by atoms with Crippen LogP contribution in [-0.4, -0.2) is 13.2 Å². The lowest BCUT2D eigenvalue weighted by Crippen LogP contribution is -2.06. The van der Waals surface area contributed by atoms with Crippen molar-refractivity contribution in [1.29, 1.82) is 0 Å². The standard InChI is InChI=1S/C12H18O/c1-9(13-2)3-5-11-7-10-4-6-12(11)8-10/h3-6,9-12H,7-8H2,1-2H3/t9-,10?,11?,12?/m0/s1. The second-order valence-corrected chi connectivity index (χ2v) is 4.27. The highest BCUT2D eigenvalue weighted by Crippen LogP contribution is 2.43. The van der Waals surface area contributed by atoms with Crippen molar-refractivity contribution in [2.75, 3.05) is 7.11 Å². The van der Waals surface area contributed by atoms with Gasteiger partial charge < -0.3 is 4.74 Å². The van der Waals surface area contributed by atoms with Crippen LogP contribution in [0.1, 0.15) is 19.8 Å².